The largest absolute Gasteiger partial charge is 0.495 e. The summed E-state index contributed by atoms with van der Waals surface area (Å²) in [6.45, 7) is 0.740. The second-order valence-electron chi connectivity index (χ2n) is 6.75. The minimum Gasteiger partial charge on any atom is -0.495 e. The number of nitrogens with zero attached hydrogens (tertiary/aromatic N) is 3. The van der Waals surface area contributed by atoms with E-state index in [9.17, 15) is 14.9 Å². The first kappa shape index (κ1) is 19.2. The van der Waals surface area contributed by atoms with Gasteiger partial charge in [0.15, 0.2) is 0 Å². The standard InChI is InChI=1S/C23H17N3O4/c1-30-22-10-7-17(12-16(22)5-8-20-4-2-3-11-24-20)23(27)25-14-18-6-9-21(26(28)29)13-19(18)15-25/h2-4,6-7,9-13H,14-15H2,1H3. The van der Waals surface area contributed by atoms with Crippen LogP contribution in [0.5, 0.6) is 5.75 Å². The van der Waals surface area contributed by atoms with E-state index in [0.29, 0.717) is 35.7 Å². The number of hydrogen-bond acceptors (Lipinski definition) is 5. The molecule has 0 atom stereocenters. The number of carbonyl (C=O) groups excluding carboxylic acids is 1. The SMILES string of the molecule is COc1ccc(C(=O)N2Cc3ccc([N+](=O)[O-])cc3C2)cc1C#Cc1ccccn1. The summed E-state index contributed by atoms with van der Waals surface area (Å²) in [5.74, 6) is 6.39. The van der Waals surface area contributed by atoms with E-state index in [1.807, 2.05) is 12.1 Å². The quantitative estimate of drug-likeness (QED) is 0.382. The van der Waals surface area contributed by atoms with Crippen LogP contribution in [0.15, 0.2) is 60.8 Å². The summed E-state index contributed by atoms with van der Waals surface area (Å²) < 4.78 is 5.37. The molecular formula is C23H17N3O4. The van der Waals surface area contributed by atoms with E-state index in [1.54, 1.807) is 48.5 Å². The molecule has 1 amide bonds. The molecule has 3 aromatic rings. The maximum Gasteiger partial charge on any atom is 0.269 e. The Kier molecular flexibility index (Phi) is 5.14. The van der Waals surface area contributed by atoms with Crippen LogP contribution in [0.1, 0.15) is 32.7 Å². The molecule has 0 saturated heterocycles. The first-order valence-corrected chi connectivity index (χ1v) is 9.21. The van der Waals surface area contributed by atoms with Gasteiger partial charge in [0, 0.05) is 37.0 Å². The first-order valence-electron chi connectivity index (χ1n) is 9.21. The van der Waals surface area contributed by atoms with Gasteiger partial charge in [-0.3, -0.25) is 14.9 Å². The van der Waals surface area contributed by atoms with Crippen molar-refractivity contribution >= 4 is 11.6 Å². The Morgan fingerprint density at radius 2 is 1.93 bits per heavy atom. The lowest BCUT2D eigenvalue weighted by Gasteiger charge is -2.16. The molecule has 1 aromatic heterocycles. The van der Waals surface area contributed by atoms with Crippen molar-refractivity contribution in [3.63, 3.8) is 0 Å². The average Bonchev–Trinajstić information content (AvgIpc) is 3.21. The van der Waals surface area contributed by atoms with Gasteiger partial charge in [0.25, 0.3) is 11.6 Å². The Balaban J connectivity index is 1.59. The molecule has 2 aromatic carbocycles. The number of amides is 1. The van der Waals surface area contributed by atoms with Crippen molar-refractivity contribution in [1.82, 2.24) is 9.88 Å². The molecule has 4 rings (SSSR count). The van der Waals surface area contributed by atoms with E-state index < -0.39 is 4.92 Å². The highest BCUT2D eigenvalue weighted by Gasteiger charge is 2.26. The van der Waals surface area contributed by atoms with Crippen molar-refractivity contribution in [3.05, 3.63) is 98.9 Å². The minimum atomic E-state index is -0.430. The third-order valence-corrected chi connectivity index (χ3v) is 4.85. The molecule has 0 radical (unpaired) electrons. The molecule has 1 aliphatic heterocycles. The van der Waals surface area contributed by atoms with Gasteiger partial charge in [0.05, 0.1) is 17.6 Å². The van der Waals surface area contributed by atoms with Gasteiger partial charge in [-0.2, -0.15) is 0 Å². The van der Waals surface area contributed by atoms with Crippen LogP contribution in [-0.4, -0.2) is 27.8 Å². The summed E-state index contributed by atoms with van der Waals surface area (Å²) >= 11 is 0. The number of ether oxygens (including phenoxy) is 1. The highest BCUT2D eigenvalue weighted by molar-refractivity contribution is 5.95. The first-order chi connectivity index (χ1) is 14.5. The van der Waals surface area contributed by atoms with E-state index in [-0.39, 0.29) is 11.6 Å². The number of nitro benzene ring substituents is 1. The molecule has 0 N–H and O–H groups in total. The normalized spacial score (nSPS) is 12.0. The lowest BCUT2D eigenvalue weighted by atomic mass is 10.1. The zero-order valence-electron chi connectivity index (χ0n) is 16.2. The lowest BCUT2D eigenvalue weighted by Crippen LogP contribution is -2.25. The molecule has 0 unspecified atom stereocenters. The Bertz CT molecular complexity index is 1200. The number of carbonyl (C=O) groups is 1. The van der Waals surface area contributed by atoms with E-state index in [2.05, 4.69) is 16.8 Å². The second kappa shape index (κ2) is 8.05. The van der Waals surface area contributed by atoms with Crippen molar-refractivity contribution < 1.29 is 14.5 Å². The van der Waals surface area contributed by atoms with Crippen LogP contribution in [0, 0.1) is 22.0 Å². The van der Waals surface area contributed by atoms with Gasteiger partial charge in [0.2, 0.25) is 0 Å². The number of methoxy groups -OCH3 is 1. The van der Waals surface area contributed by atoms with E-state index in [0.717, 1.165) is 11.1 Å². The topological polar surface area (TPSA) is 85.6 Å². The van der Waals surface area contributed by atoms with Crippen molar-refractivity contribution in [2.75, 3.05) is 7.11 Å². The molecule has 148 valence electrons. The van der Waals surface area contributed by atoms with E-state index in [4.69, 9.17) is 4.74 Å². The third-order valence-electron chi connectivity index (χ3n) is 4.85. The average molecular weight is 399 g/mol. The Hall–Kier alpha value is -4.18. The monoisotopic (exact) mass is 399 g/mol. The molecule has 7 heteroatoms. The van der Waals surface area contributed by atoms with Crippen LogP contribution >= 0.6 is 0 Å². The van der Waals surface area contributed by atoms with Crippen molar-refractivity contribution in [1.29, 1.82) is 0 Å². The summed E-state index contributed by atoms with van der Waals surface area (Å²) in [5, 5.41) is 11.0. The fourth-order valence-electron chi connectivity index (χ4n) is 3.33. The predicted octanol–water partition coefficient (Wildman–Crippen LogP) is 3.55. The molecule has 0 saturated carbocycles. The number of non-ortho nitro benzene ring substituents is 1. The van der Waals surface area contributed by atoms with Gasteiger partial charge >= 0.3 is 0 Å². The van der Waals surface area contributed by atoms with Gasteiger partial charge in [-0.25, -0.2) is 4.98 Å². The Labute approximate surface area is 173 Å². The highest BCUT2D eigenvalue weighted by Crippen LogP contribution is 2.28. The smallest absolute Gasteiger partial charge is 0.269 e. The Morgan fingerprint density at radius 1 is 1.10 bits per heavy atom. The van der Waals surface area contributed by atoms with Crippen LogP contribution in [0.2, 0.25) is 0 Å². The van der Waals surface area contributed by atoms with Gasteiger partial charge in [-0.05, 0) is 47.4 Å². The van der Waals surface area contributed by atoms with Crippen LogP contribution in [0.3, 0.4) is 0 Å². The zero-order chi connectivity index (χ0) is 21.1. The summed E-state index contributed by atoms with van der Waals surface area (Å²) in [6.07, 6.45) is 1.66. The highest BCUT2D eigenvalue weighted by atomic mass is 16.6. The number of nitro groups is 1. The number of hydrogen-bond donors (Lipinski definition) is 0. The van der Waals surface area contributed by atoms with Gasteiger partial charge in [-0.15, -0.1) is 0 Å². The van der Waals surface area contributed by atoms with Crippen LogP contribution in [0.4, 0.5) is 5.69 Å². The number of fused-ring (bicyclic) bond motifs is 1. The van der Waals surface area contributed by atoms with Crippen molar-refractivity contribution in [3.8, 4) is 17.6 Å². The lowest BCUT2D eigenvalue weighted by molar-refractivity contribution is -0.384. The van der Waals surface area contributed by atoms with Gasteiger partial charge in [0.1, 0.15) is 11.4 Å². The molecule has 30 heavy (non-hydrogen) atoms. The Morgan fingerprint density at radius 3 is 2.67 bits per heavy atom. The van der Waals surface area contributed by atoms with E-state index >= 15 is 0 Å². The van der Waals surface area contributed by atoms with Crippen LogP contribution in [-0.2, 0) is 13.1 Å². The summed E-state index contributed by atoms with van der Waals surface area (Å²) in [6, 6.07) is 15.3. The molecule has 0 fully saturated rings. The number of benzene rings is 2. The maximum absolute atomic E-state index is 13.1. The number of aromatic nitrogens is 1. The van der Waals surface area contributed by atoms with E-state index in [1.165, 1.54) is 12.1 Å². The predicted molar refractivity (Wildman–Crippen MR) is 110 cm³/mol. The summed E-state index contributed by atoms with van der Waals surface area (Å²) in [7, 11) is 1.55. The van der Waals surface area contributed by atoms with Crippen LogP contribution in [0.25, 0.3) is 0 Å². The second-order valence-corrected chi connectivity index (χ2v) is 6.75. The van der Waals surface area contributed by atoms with Gasteiger partial charge < -0.3 is 9.64 Å². The summed E-state index contributed by atoms with van der Waals surface area (Å²) in [5.41, 5.74) is 3.41. The number of rotatable bonds is 3. The maximum atomic E-state index is 13.1. The number of pyridine rings is 1. The van der Waals surface area contributed by atoms with Crippen LogP contribution < -0.4 is 4.74 Å². The zero-order valence-corrected chi connectivity index (χ0v) is 16.2. The molecular weight excluding hydrogens is 382 g/mol. The summed E-state index contributed by atoms with van der Waals surface area (Å²) in [4.78, 5) is 29.5. The van der Waals surface area contributed by atoms with Crippen molar-refractivity contribution in [2.45, 2.75) is 13.1 Å². The molecule has 1 aliphatic rings. The molecule has 2 heterocycles. The van der Waals surface area contributed by atoms with Crippen molar-refractivity contribution in [2.24, 2.45) is 0 Å². The molecule has 0 aliphatic carbocycles. The van der Waals surface area contributed by atoms with Gasteiger partial charge in [-0.1, -0.05) is 18.1 Å². The molecule has 7 nitrogen and oxygen atoms in total. The fraction of sp³-hybridized carbons (Fsp3) is 0.130. The molecule has 0 bridgehead atoms. The fourth-order valence-corrected chi connectivity index (χ4v) is 3.33. The minimum absolute atomic E-state index is 0.0274. The molecule has 0 spiro atoms. The third kappa shape index (κ3) is 3.84.